The Balaban J connectivity index is 1.91. The van der Waals surface area contributed by atoms with Crippen molar-refractivity contribution in [1.82, 2.24) is 15.1 Å². The molecular weight excluding hydrogens is 278 g/mol. The number of rotatable bonds is 7. The van der Waals surface area contributed by atoms with Crippen molar-refractivity contribution < 1.29 is 4.79 Å². The third-order valence-electron chi connectivity index (χ3n) is 3.59. The second-order valence-electron chi connectivity index (χ2n) is 5.89. The standard InChI is InChI=1S/C17H23N3O2/c1-13(2)6-5-10-18-17(22)9-11-20-15-8-4-3-7-14(15)16(21)12-19-20/h3-4,7-8,12-13H,5-6,9-11H2,1-2H3,(H,18,22). The largest absolute Gasteiger partial charge is 0.356 e. The smallest absolute Gasteiger partial charge is 0.221 e. The first-order valence-corrected chi connectivity index (χ1v) is 7.79. The molecule has 2 aromatic rings. The van der Waals surface area contributed by atoms with Gasteiger partial charge in [-0.2, -0.15) is 5.10 Å². The zero-order valence-electron chi connectivity index (χ0n) is 13.2. The predicted molar refractivity (Wildman–Crippen MR) is 87.7 cm³/mol. The number of carbonyl (C=O) groups is 1. The van der Waals surface area contributed by atoms with Crippen LogP contribution in [-0.2, 0) is 11.3 Å². The lowest BCUT2D eigenvalue weighted by Gasteiger charge is -2.10. The molecule has 118 valence electrons. The third-order valence-corrected chi connectivity index (χ3v) is 3.59. The summed E-state index contributed by atoms with van der Waals surface area (Å²) in [5.41, 5.74) is 0.674. The number of aromatic nitrogens is 2. The van der Waals surface area contributed by atoms with E-state index in [1.807, 2.05) is 18.2 Å². The summed E-state index contributed by atoms with van der Waals surface area (Å²) >= 11 is 0. The Hall–Kier alpha value is -2.17. The van der Waals surface area contributed by atoms with Gasteiger partial charge in [-0.1, -0.05) is 26.0 Å². The highest BCUT2D eigenvalue weighted by molar-refractivity contribution is 5.78. The van der Waals surface area contributed by atoms with E-state index in [0.29, 0.717) is 24.3 Å². The van der Waals surface area contributed by atoms with Crippen molar-refractivity contribution in [2.45, 2.75) is 39.7 Å². The van der Waals surface area contributed by atoms with Gasteiger partial charge in [0.2, 0.25) is 11.3 Å². The summed E-state index contributed by atoms with van der Waals surface area (Å²) < 4.78 is 1.71. The lowest BCUT2D eigenvalue weighted by molar-refractivity contribution is -0.121. The van der Waals surface area contributed by atoms with Gasteiger partial charge in [0.05, 0.1) is 18.3 Å². The molecule has 0 aliphatic rings. The molecule has 0 fully saturated rings. The number of amides is 1. The first kappa shape index (κ1) is 16.2. The average Bonchev–Trinajstić information content (AvgIpc) is 2.51. The minimum atomic E-state index is -0.0926. The Morgan fingerprint density at radius 2 is 2.09 bits per heavy atom. The van der Waals surface area contributed by atoms with E-state index in [4.69, 9.17) is 0 Å². The molecule has 0 aliphatic heterocycles. The minimum absolute atomic E-state index is 0.0216. The van der Waals surface area contributed by atoms with E-state index in [1.54, 1.807) is 10.7 Å². The molecule has 0 atom stereocenters. The van der Waals surface area contributed by atoms with Crippen LogP contribution in [0.3, 0.4) is 0 Å². The van der Waals surface area contributed by atoms with Gasteiger partial charge in [-0.25, -0.2) is 0 Å². The number of hydrogen-bond donors (Lipinski definition) is 1. The molecule has 0 radical (unpaired) electrons. The number of nitrogens with zero attached hydrogens (tertiary/aromatic N) is 2. The Morgan fingerprint density at radius 1 is 1.32 bits per heavy atom. The van der Waals surface area contributed by atoms with Crippen molar-refractivity contribution in [1.29, 1.82) is 0 Å². The van der Waals surface area contributed by atoms with Gasteiger partial charge in [-0.05, 0) is 30.9 Å². The maximum Gasteiger partial charge on any atom is 0.221 e. The zero-order chi connectivity index (χ0) is 15.9. The van der Waals surface area contributed by atoms with Crippen LogP contribution in [0.25, 0.3) is 10.9 Å². The lowest BCUT2D eigenvalue weighted by Crippen LogP contribution is -2.26. The molecule has 5 nitrogen and oxygen atoms in total. The number of nitrogens with one attached hydrogen (secondary N) is 1. The Bertz CT molecular complexity index is 692. The number of aryl methyl sites for hydroxylation is 1. The highest BCUT2D eigenvalue weighted by Gasteiger charge is 2.06. The van der Waals surface area contributed by atoms with Crippen molar-refractivity contribution in [2.75, 3.05) is 6.54 Å². The summed E-state index contributed by atoms with van der Waals surface area (Å²) in [6, 6.07) is 7.33. The summed E-state index contributed by atoms with van der Waals surface area (Å²) in [7, 11) is 0. The Labute approximate surface area is 130 Å². The summed E-state index contributed by atoms with van der Waals surface area (Å²) in [6.07, 6.45) is 3.79. The summed E-state index contributed by atoms with van der Waals surface area (Å²) in [5, 5.41) is 7.68. The third kappa shape index (κ3) is 4.41. The van der Waals surface area contributed by atoms with Crippen molar-refractivity contribution in [3.05, 3.63) is 40.7 Å². The molecule has 0 saturated carbocycles. The number of benzene rings is 1. The summed E-state index contributed by atoms with van der Waals surface area (Å²) in [5.74, 6) is 0.682. The molecule has 22 heavy (non-hydrogen) atoms. The molecule has 5 heteroatoms. The van der Waals surface area contributed by atoms with Gasteiger partial charge in [0.15, 0.2) is 0 Å². The zero-order valence-corrected chi connectivity index (χ0v) is 13.2. The van der Waals surface area contributed by atoms with Crippen LogP contribution in [0.15, 0.2) is 35.3 Å². The van der Waals surface area contributed by atoms with E-state index in [9.17, 15) is 9.59 Å². The van der Waals surface area contributed by atoms with Crippen LogP contribution in [0.2, 0.25) is 0 Å². The first-order chi connectivity index (χ1) is 10.6. The fourth-order valence-electron chi connectivity index (χ4n) is 2.37. The maximum absolute atomic E-state index is 11.9. The van der Waals surface area contributed by atoms with Gasteiger partial charge in [-0.3, -0.25) is 14.3 Å². The van der Waals surface area contributed by atoms with Crippen LogP contribution in [-0.4, -0.2) is 22.2 Å². The highest BCUT2D eigenvalue weighted by atomic mass is 16.1. The van der Waals surface area contributed by atoms with Gasteiger partial charge in [0.1, 0.15) is 0 Å². The van der Waals surface area contributed by atoms with Crippen molar-refractivity contribution in [3.8, 4) is 0 Å². The average molecular weight is 301 g/mol. The van der Waals surface area contributed by atoms with E-state index >= 15 is 0 Å². The number of para-hydroxylation sites is 1. The van der Waals surface area contributed by atoms with E-state index in [0.717, 1.165) is 24.9 Å². The second-order valence-corrected chi connectivity index (χ2v) is 5.89. The quantitative estimate of drug-likeness (QED) is 0.798. The van der Waals surface area contributed by atoms with E-state index < -0.39 is 0 Å². The van der Waals surface area contributed by atoms with Crippen LogP contribution >= 0.6 is 0 Å². The fourth-order valence-corrected chi connectivity index (χ4v) is 2.37. The Kier molecular flexibility index (Phi) is 5.69. The van der Waals surface area contributed by atoms with Crippen LogP contribution in [0.4, 0.5) is 0 Å². The van der Waals surface area contributed by atoms with Gasteiger partial charge < -0.3 is 5.32 Å². The molecule has 1 aromatic carbocycles. The summed E-state index contributed by atoms with van der Waals surface area (Å²) in [6.45, 7) is 5.54. The maximum atomic E-state index is 11.9. The molecule has 1 N–H and O–H groups in total. The molecule has 0 unspecified atom stereocenters. The number of hydrogen-bond acceptors (Lipinski definition) is 3. The summed E-state index contributed by atoms with van der Waals surface area (Å²) in [4.78, 5) is 23.6. The monoisotopic (exact) mass is 301 g/mol. The topological polar surface area (TPSA) is 64.0 Å². The van der Waals surface area contributed by atoms with E-state index in [-0.39, 0.29) is 11.3 Å². The Morgan fingerprint density at radius 3 is 2.86 bits per heavy atom. The van der Waals surface area contributed by atoms with Crippen molar-refractivity contribution >= 4 is 16.8 Å². The predicted octanol–water partition coefficient (Wildman–Crippen LogP) is 2.34. The second kappa shape index (κ2) is 7.73. The van der Waals surface area contributed by atoms with Gasteiger partial charge in [-0.15, -0.1) is 0 Å². The lowest BCUT2D eigenvalue weighted by atomic mass is 10.1. The number of carbonyl (C=O) groups excluding carboxylic acids is 1. The van der Waals surface area contributed by atoms with Crippen LogP contribution < -0.4 is 10.7 Å². The SMILES string of the molecule is CC(C)CCCNC(=O)CCn1ncc(=O)c2ccccc21. The first-order valence-electron chi connectivity index (χ1n) is 7.79. The highest BCUT2D eigenvalue weighted by Crippen LogP contribution is 2.08. The molecule has 0 bridgehead atoms. The van der Waals surface area contributed by atoms with Gasteiger partial charge >= 0.3 is 0 Å². The molecule has 0 spiro atoms. The number of fused-ring (bicyclic) bond motifs is 1. The van der Waals surface area contributed by atoms with Gasteiger partial charge in [0.25, 0.3) is 0 Å². The molecule has 1 amide bonds. The molecule has 2 rings (SSSR count). The molecular formula is C17H23N3O2. The van der Waals surface area contributed by atoms with Crippen LogP contribution in [0.5, 0.6) is 0 Å². The minimum Gasteiger partial charge on any atom is -0.356 e. The fraction of sp³-hybridized carbons (Fsp3) is 0.471. The normalized spacial score (nSPS) is 11.0. The van der Waals surface area contributed by atoms with Crippen LogP contribution in [0.1, 0.15) is 33.1 Å². The van der Waals surface area contributed by atoms with E-state index in [2.05, 4.69) is 24.3 Å². The molecule has 0 aliphatic carbocycles. The molecule has 0 saturated heterocycles. The molecule has 1 heterocycles. The molecule has 1 aromatic heterocycles. The van der Waals surface area contributed by atoms with Gasteiger partial charge in [0, 0.05) is 18.4 Å². The van der Waals surface area contributed by atoms with E-state index in [1.165, 1.54) is 6.20 Å². The van der Waals surface area contributed by atoms with Crippen LogP contribution in [0, 0.1) is 5.92 Å². The van der Waals surface area contributed by atoms with Crippen molar-refractivity contribution in [3.63, 3.8) is 0 Å². The van der Waals surface area contributed by atoms with Crippen molar-refractivity contribution in [2.24, 2.45) is 5.92 Å².